The molecule has 0 fully saturated rings. The minimum absolute atomic E-state index is 0.0311. The van der Waals surface area contributed by atoms with Crippen LogP contribution in [0.25, 0.3) is 10.9 Å². The Hall–Kier alpha value is -2.59. The van der Waals surface area contributed by atoms with Gasteiger partial charge in [-0.3, -0.25) is 10.1 Å². The van der Waals surface area contributed by atoms with Crippen molar-refractivity contribution in [1.82, 2.24) is 9.88 Å². The number of rotatable bonds is 2. The third-order valence-electron chi connectivity index (χ3n) is 4.93. The summed E-state index contributed by atoms with van der Waals surface area (Å²) in [6.45, 7) is 0. The van der Waals surface area contributed by atoms with E-state index < -0.39 is 0 Å². The fourth-order valence-corrected chi connectivity index (χ4v) is 3.81. The van der Waals surface area contributed by atoms with Gasteiger partial charge in [-0.2, -0.15) is 0 Å². The monoisotopic (exact) mass is 320 g/mol. The summed E-state index contributed by atoms with van der Waals surface area (Å²) in [4.78, 5) is 12.2. The summed E-state index contributed by atoms with van der Waals surface area (Å²) in [6.07, 6.45) is 0.646. The molecule has 0 bridgehead atoms. The molecule has 0 saturated carbocycles. The van der Waals surface area contributed by atoms with E-state index in [0.717, 1.165) is 5.56 Å². The molecule has 1 aliphatic heterocycles. The molecule has 24 heavy (non-hydrogen) atoms. The number of aromatic nitrogens is 1. The molecule has 2 heterocycles. The van der Waals surface area contributed by atoms with Gasteiger partial charge in [0.05, 0.1) is 13.2 Å². The molecule has 3 aromatic rings. The number of carbonyl (C=O) groups is 1. The molecule has 0 spiro atoms. The van der Waals surface area contributed by atoms with Crippen molar-refractivity contribution >= 4 is 16.9 Å². The van der Waals surface area contributed by atoms with Crippen LogP contribution in [0.1, 0.15) is 22.9 Å². The lowest BCUT2D eigenvalue weighted by atomic mass is 9.90. The number of benzene rings is 2. The summed E-state index contributed by atoms with van der Waals surface area (Å²) in [7, 11) is 3.54. The van der Waals surface area contributed by atoms with Crippen molar-refractivity contribution in [3.05, 3.63) is 71.4 Å². The van der Waals surface area contributed by atoms with Crippen molar-refractivity contribution in [2.45, 2.75) is 18.5 Å². The maximum absolute atomic E-state index is 12.2. The van der Waals surface area contributed by atoms with Crippen LogP contribution < -0.4 is 5.32 Å². The highest BCUT2D eigenvalue weighted by atomic mass is 16.5. The molecule has 0 aliphatic carbocycles. The van der Waals surface area contributed by atoms with Crippen LogP contribution in [0.4, 0.5) is 0 Å². The highest BCUT2D eigenvalue weighted by Crippen LogP contribution is 2.37. The molecule has 0 saturated heterocycles. The van der Waals surface area contributed by atoms with Crippen LogP contribution in [0.5, 0.6) is 0 Å². The van der Waals surface area contributed by atoms with E-state index in [-0.39, 0.29) is 18.1 Å². The van der Waals surface area contributed by atoms with Gasteiger partial charge in [-0.15, -0.1) is 0 Å². The molecule has 1 N–H and O–H groups in total. The highest BCUT2D eigenvalue weighted by molar-refractivity contribution is 5.88. The smallest absolute Gasteiger partial charge is 0.323 e. The zero-order valence-corrected chi connectivity index (χ0v) is 13.8. The fourth-order valence-electron chi connectivity index (χ4n) is 3.81. The number of ether oxygens (including phenoxy) is 1. The topological polar surface area (TPSA) is 43.3 Å². The predicted molar refractivity (Wildman–Crippen MR) is 93.8 cm³/mol. The Balaban J connectivity index is 1.94. The normalized spacial score (nSPS) is 19.9. The lowest BCUT2D eigenvalue weighted by Gasteiger charge is -2.31. The van der Waals surface area contributed by atoms with Crippen molar-refractivity contribution < 1.29 is 9.53 Å². The molecule has 1 aliphatic rings. The zero-order valence-electron chi connectivity index (χ0n) is 13.8. The molecular weight excluding hydrogens is 300 g/mol. The number of fused-ring (bicyclic) bond motifs is 3. The molecule has 0 amide bonds. The van der Waals surface area contributed by atoms with Gasteiger partial charge < -0.3 is 9.30 Å². The van der Waals surface area contributed by atoms with Crippen molar-refractivity contribution in [3.8, 4) is 0 Å². The van der Waals surface area contributed by atoms with E-state index in [1.807, 2.05) is 18.2 Å². The number of para-hydroxylation sites is 1. The highest BCUT2D eigenvalue weighted by Gasteiger charge is 2.35. The van der Waals surface area contributed by atoms with E-state index in [0.29, 0.717) is 6.42 Å². The number of methoxy groups -OCH3 is 1. The Labute approximate surface area is 141 Å². The number of hydrogen-bond acceptors (Lipinski definition) is 3. The predicted octanol–water partition coefficient (Wildman–Crippen LogP) is 2.96. The first kappa shape index (κ1) is 15.0. The number of nitrogens with zero attached hydrogens (tertiary/aromatic N) is 1. The Morgan fingerprint density at radius 2 is 1.83 bits per heavy atom. The van der Waals surface area contributed by atoms with Crippen LogP contribution in [-0.2, 0) is 23.0 Å². The third kappa shape index (κ3) is 2.22. The number of carbonyl (C=O) groups excluding carboxylic acids is 1. The van der Waals surface area contributed by atoms with E-state index in [1.165, 1.54) is 29.3 Å². The molecular formula is C20H20N2O2. The quantitative estimate of drug-likeness (QED) is 0.738. The number of hydrogen-bond donors (Lipinski definition) is 1. The maximum atomic E-state index is 12.2. The van der Waals surface area contributed by atoms with Crippen LogP contribution in [0.2, 0.25) is 0 Å². The molecule has 4 nitrogen and oxygen atoms in total. The van der Waals surface area contributed by atoms with Gasteiger partial charge in [0.25, 0.3) is 0 Å². The van der Waals surface area contributed by atoms with Crippen LogP contribution in [0.15, 0.2) is 54.6 Å². The van der Waals surface area contributed by atoms with Crippen molar-refractivity contribution in [3.63, 3.8) is 0 Å². The van der Waals surface area contributed by atoms with Crippen molar-refractivity contribution in [1.29, 1.82) is 0 Å². The standard InChI is InChI=1S/C20H20N2O2/c1-22-17-11-7-6-10-14(17)15-12-16(20(23)24-2)21-18(19(15)22)13-8-4-3-5-9-13/h3-11,16,18,21H,12H2,1-2H3/t16-,18+/m1/s1. The molecule has 2 atom stereocenters. The molecule has 0 unspecified atom stereocenters. The lowest BCUT2D eigenvalue weighted by Crippen LogP contribution is -2.46. The van der Waals surface area contributed by atoms with E-state index in [2.05, 4.69) is 53.3 Å². The first-order valence-corrected chi connectivity index (χ1v) is 8.15. The number of esters is 1. The summed E-state index contributed by atoms with van der Waals surface area (Å²) in [5.74, 6) is -0.213. The number of nitrogens with one attached hydrogen (secondary N) is 1. The lowest BCUT2D eigenvalue weighted by molar-refractivity contribution is -0.143. The van der Waals surface area contributed by atoms with E-state index >= 15 is 0 Å². The molecule has 2 aromatic carbocycles. The molecule has 4 rings (SSSR count). The van der Waals surface area contributed by atoms with E-state index in [4.69, 9.17) is 4.74 Å². The van der Waals surface area contributed by atoms with Crippen LogP contribution >= 0.6 is 0 Å². The molecule has 122 valence electrons. The van der Waals surface area contributed by atoms with Gasteiger partial charge >= 0.3 is 5.97 Å². The minimum Gasteiger partial charge on any atom is -0.468 e. The summed E-state index contributed by atoms with van der Waals surface area (Å²) < 4.78 is 7.24. The first-order chi connectivity index (χ1) is 11.7. The second-order valence-corrected chi connectivity index (χ2v) is 6.23. The SMILES string of the molecule is COC(=O)[C@H]1Cc2c(n(C)c3ccccc23)[C@H](c2ccccc2)N1. The first-order valence-electron chi connectivity index (χ1n) is 8.15. The Kier molecular flexibility index (Phi) is 3.62. The van der Waals surface area contributed by atoms with Gasteiger partial charge in [-0.25, -0.2) is 0 Å². The second kappa shape index (κ2) is 5.80. The Morgan fingerprint density at radius 1 is 1.12 bits per heavy atom. The van der Waals surface area contributed by atoms with Gasteiger partial charge in [0.15, 0.2) is 0 Å². The average molecular weight is 320 g/mol. The minimum atomic E-state index is -0.335. The molecule has 4 heteroatoms. The van der Waals surface area contributed by atoms with Gasteiger partial charge in [0.2, 0.25) is 0 Å². The Morgan fingerprint density at radius 3 is 2.58 bits per heavy atom. The van der Waals surface area contributed by atoms with Crippen LogP contribution in [0.3, 0.4) is 0 Å². The summed E-state index contributed by atoms with van der Waals surface area (Å²) in [6, 6.07) is 18.3. The zero-order chi connectivity index (χ0) is 16.7. The maximum Gasteiger partial charge on any atom is 0.323 e. The average Bonchev–Trinajstić information content (AvgIpc) is 2.94. The largest absolute Gasteiger partial charge is 0.468 e. The van der Waals surface area contributed by atoms with Crippen LogP contribution in [0, 0.1) is 0 Å². The summed E-state index contributed by atoms with van der Waals surface area (Å²) >= 11 is 0. The van der Waals surface area contributed by atoms with E-state index in [1.54, 1.807) is 0 Å². The van der Waals surface area contributed by atoms with E-state index in [9.17, 15) is 4.79 Å². The van der Waals surface area contributed by atoms with Crippen LogP contribution in [-0.4, -0.2) is 23.7 Å². The van der Waals surface area contributed by atoms with Gasteiger partial charge in [0, 0.05) is 30.1 Å². The molecule has 1 aromatic heterocycles. The third-order valence-corrected chi connectivity index (χ3v) is 4.93. The fraction of sp³-hybridized carbons (Fsp3) is 0.250. The Bertz CT molecular complexity index is 899. The second-order valence-electron chi connectivity index (χ2n) is 6.23. The van der Waals surface area contributed by atoms with Gasteiger partial charge in [0.1, 0.15) is 6.04 Å². The van der Waals surface area contributed by atoms with Crippen molar-refractivity contribution in [2.24, 2.45) is 7.05 Å². The number of aryl methyl sites for hydroxylation is 1. The summed E-state index contributed by atoms with van der Waals surface area (Å²) in [5, 5.41) is 4.70. The van der Waals surface area contributed by atoms with Gasteiger partial charge in [-0.05, 0) is 17.2 Å². The van der Waals surface area contributed by atoms with Crippen molar-refractivity contribution in [2.75, 3.05) is 7.11 Å². The van der Waals surface area contributed by atoms with Gasteiger partial charge in [-0.1, -0.05) is 48.5 Å². The summed E-state index contributed by atoms with van der Waals surface area (Å²) in [5.41, 5.74) is 4.80. The molecule has 0 radical (unpaired) electrons.